The van der Waals surface area contributed by atoms with Crippen molar-refractivity contribution in [3.63, 3.8) is 0 Å². The van der Waals surface area contributed by atoms with Crippen LogP contribution in [0.1, 0.15) is 61.3 Å². The summed E-state index contributed by atoms with van der Waals surface area (Å²) < 4.78 is 11.2. The van der Waals surface area contributed by atoms with Crippen molar-refractivity contribution in [1.82, 2.24) is 5.32 Å². The summed E-state index contributed by atoms with van der Waals surface area (Å²) in [5.41, 5.74) is 3.41. The van der Waals surface area contributed by atoms with Gasteiger partial charge in [-0.3, -0.25) is 14.9 Å². The van der Waals surface area contributed by atoms with Gasteiger partial charge in [0.05, 0.1) is 13.2 Å². The standard InChI is InChI=1S/C32H35NO4/c1-36-28-20-17-24(18-21-28)27(23-34)19-22-30(32(35)37-29-15-9-4-10-16-29)33-31(25-11-5-2-6-12-25)26-13-7-3-8-14-26/h2-3,5-8,11-14,17-21,23,29-31,33H,4,9-10,15-16,22H2,1H3/b27-19-. The van der Waals surface area contributed by atoms with E-state index in [1.807, 2.05) is 66.7 Å². The molecule has 1 saturated carbocycles. The van der Waals surface area contributed by atoms with Gasteiger partial charge in [0.25, 0.3) is 0 Å². The number of carbonyl (C=O) groups is 2. The molecule has 0 spiro atoms. The van der Waals surface area contributed by atoms with Crippen molar-refractivity contribution < 1.29 is 19.1 Å². The van der Waals surface area contributed by atoms with E-state index in [0.717, 1.165) is 54.4 Å². The number of methoxy groups -OCH3 is 1. The van der Waals surface area contributed by atoms with Gasteiger partial charge >= 0.3 is 5.97 Å². The van der Waals surface area contributed by atoms with Crippen molar-refractivity contribution in [2.45, 2.75) is 56.7 Å². The molecule has 0 radical (unpaired) electrons. The molecule has 0 aliphatic heterocycles. The van der Waals surface area contributed by atoms with Gasteiger partial charge < -0.3 is 9.47 Å². The summed E-state index contributed by atoms with van der Waals surface area (Å²) in [5.74, 6) is 0.443. The van der Waals surface area contributed by atoms with E-state index in [-0.39, 0.29) is 18.1 Å². The zero-order chi connectivity index (χ0) is 25.9. The molecule has 1 fully saturated rings. The summed E-state index contributed by atoms with van der Waals surface area (Å²) in [6.07, 6.45) is 8.08. The van der Waals surface area contributed by atoms with Gasteiger partial charge in [0.2, 0.25) is 0 Å². The maximum atomic E-state index is 13.5. The lowest BCUT2D eigenvalue weighted by molar-refractivity contribution is -0.153. The highest BCUT2D eigenvalue weighted by molar-refractivity contribution is 6.06. The monoisotopic (exact) mass is 497 g/mol. The minimum absolute atomic E-state index is 0.0476. The molecular formula is C32H35NO4. The van der Waals surface area contributed by atoms with Crippen LogP contribution in [0.5, 0.6) is 5.75 Å². The van der Waals surface area contributed by atoms with Crippen LogP contribution in [0.4, 0.5) is 0 Å². The summed E-state index contributed by atoms with van der Waals surface area (Å²) in [4.78, 5) is 25.5. The largest absolute Gasteiger partial charge is 0.497 e. The average Bonchev–Trinajstić information content (AvgIpc) is 2.96. The number of nitrogens with one attached hydrogen (secondary N) is 1. The molecule has 5 heteroatoms. The van der Waals surface area contributed by atoms with Crippen molar-refractivity contribution in [2.75, 3.05) is 7.11 Å². The lowest BCUT2D eigenvalue weighted by Crippen LogP contribution is -2.42. The molecule has 1 aliphatic carbocycles. The summed E-state index contributed by atoms with van der Waals surface area (Å²) in [5, 5.41) is 3.57. The van der Waals surface area contributed by atoms with Crippen LogP contribution >= 0.6 is 0 Å². The highest BCUT2D eigenvalue weighted by Gasteiger charge is 2.28. The number of ether oxygens (including phenoxy) is 2. The number of aldehydes is 1. The van der Waals surface area contributed by atoms with E-state index in [0.29, 0.717) is 12.0 Å². The van der Waals surface area contributed by atoms with Crippen LogP contribution in [0.15, 0.2) is 91.0 Å². The Hall–Kier alpha value is -3.70. The molecule has 0 amide bonds. The Morgan fingerprint density at radius 2 is 1.49 bits per heavy atom. The van der Waals surface area contributed by atoms with Gasteiger partial charge in [-0.1, -0.05) is 85.3 Å². The first kappa shape index (κ1) is 26.4. The predicted octanol–water partition coefficient (Wildman–Crippen LogP) is 6.29. The highest BCUT2D eigenvalue weighted by Crippen LogP contribution is 2.26. The van der Waals surface area contributed by atoms with Gasteiger partial charge in [-0.15, -0.1) is 0 Å². The maximum absolute atomic E-state index is 13.5. The Bertz CT molecular complexity index is 1110. The fraction of sp³-hybridized carbons (Fsp3) is 0.312. The first-order valence-electron chi connectivity index (χ1n) is 13.0. The lowest BCUT2D eigenvalue weighted by atomic mass is 9.96. The van der Waals surface area contributed by atoms with Gasteiger partial charge in [0, 0.05) is 5.57 Å². The van der Waals surface area contributed by atoms with Crippen molar-refractivity contribution in [2.24, 2.45) is 0 Å². The minimum atomic E-state index is -0.625. The highest BCUT2D eigenvalue weighted by atomic mass is 16.5. The maximum Gasteiger partial charge on any atom is 0.323 e. The Balaban J connectivity index is 1.61. The van der Waals surface area contributed by atoms with Crippen LogP contribution in [-0.2, 0) is 14.3 Å². The third-order valence-electron chi connectivity index (χ3n) is 6.88. The van der Waals surface area contributed by atoms with Crippen molar-refractivity contribution >= 4 is 17.8 Å². The summed E-state index contributed by atoms with van der Waals surface area (Å²) >= 11 is 0. The normalized spacial score (nSPS) is 15.2. The van der Waals surface area contributed by atoms with Crippen molar-refractivity contribution in [3.05, 3.63) is 108 Å². The van der Waals surface area contributed by atoms with E-state index in [9.17, 15) is 9.59 Å². The second kappa shape index (κ2) is 13.6. The minimum Gasteiger partial charge on any atom is -0.497 e. The summed E-state index contributed by atoms with van der Waals surface area (Å²) in [6, 6.07) is 26.7. The molecule has 3 aromatic carbocycles. The number of rotatable bonds is 11. The number of hydrogen-bond acceptors (Lipinski definition) is 5. The molecule has 3 aromatic rings. The van der Waals surface area contributed by atoms with E-state index < -0.39 is 6.04 Å². The van der Waals surface area contributed by atoms with Gasteiger partial charge in [-0.2, -0.15) is 0 Å². The Morgan fingerprint density at radius 1 is 0.892 bits per heavy atom. The SMILES string of the molecule is COc1ccc(/C(C=O)=C\CC(NC(c2ccccc2)c2ccccc2)C(=O)OC2CCCCC2)cc1. The number of benzene rings is 3. The molecule has 1 aliphatic rings. The molecule has 5 nitrogen and oxygen atoms in total. The number of esters is 1. The Labute approximate surface area is 219 Å². The molecule has 37 heavy (non-hydrogen) atoms. The Kier molecular flexibility index (Phi) is 9.67. The van der Waals surface area contributed by atoms with E-state index in [2.05, 4.69) is 29.6 Å². The molecule has 4 rings (SSSR count). The van der Waals surface area contributed by atoms with Crippen LogP contribution in [0.25, 0.3) is 5.57 Å². The van der Waals surface area contributed by atoms with Crippen LogP contribution in [0.3, 0.4) is 0 Å². The van der Waals surface area contributed by atoms with Crippen LogP contribution in [0.2, 0.25) is 0 Å². The zero-order valence-corrected chi connectivity index (χ0v) is 21.3. The molecule has 0 bridgehead atoms. The third kappa shape index (κ3) is 7.40. The smallest absolute Gasteiger partial charge is 0.323 e. The first-order chi connectivity index (χ1) is 18.2. The molecular weight excluding hydrogens is 462 g/mol. The van der Waals surface area contributed by atoms with Gasteiger partial charge in [-0.05, 0) is 60.9 Å². The second-order valence-corrected chi connectivity index (χ2v) is 9.41. The molecule has 1 unspecified atom stereocenters. The van der Waals surface area contributed by atoms with E-state index in [1.54, 1.807) is 7.11 Å². The molecule has 1 N–H and O–H groups in total. The second-order valence-electron chi connectivity index (χ2n) is 9.41. The molecule has 192 valence electrons. The number of allylic oxidation sites excluding steroid dienone is 1. The third-order valence-corrected chi connectivity index (χ3v) is 6.88. The first-order valence-corrected chi connectivity index (χ1v) is 13.0. The summed E-state index contributed by atoms with van der Waals surface area (Å²) in [7, 11) is 1.61. The predicted molar refractivity (Wildman–Crippen MR) is 146 cm³/mol. The van der Waals surface area contributed by atoms with Crippen LogP contribution in [0, 0.1) is 0 Å². The van der Waals surface area contributed by atoms with E-state index in [4.69, 9.17) is 9.47 Å². The van der Waals surface area contributed by atoms with Gasteiger partial charge in [0.15, 0.2) is 0 Å². The topological polar surface area (TPSA) is 64.6 Å². The van der Waals surface area contributed by atoms with E-state index >= 15 is 0 Å². The average molecular weight is 498 g/mol. The molecule has 1 atom stereocenters. The van der Waals surface area contributed by atoms with E-state index in [1.165, 1.54) is 6.42 Å². The van der Waals surface area contributed by atoms with Gasteiger partial charge in [-0.25, -0.2) is 0 Å². The zero-order valence-electron chi connectivity index (χ0n) is 21.3. The lowest BCUT2D eigenvalue weighted by Gasteiger charge is -2.28. The van der Waals surface area contributed by atoms with Crippen LogP contribution < -0.4 is 10.1 Å². The molecule has 0 saturated heterocycles. The number of hydrogen-bond donors (Lipinski definition) is 1. The summed E-state index contributed by atoms with van der Waals surface area (Å²) in [6.45, 7) is 0. The van der Waals surface area contributed by atoms with Crippen molar-refractivity contribution in [1.29, 1.82) is 0 Å². The number of carbonyl (C=O) groups excluding carboxylic acids is 2. The fourth-order valence-electron chi connectivity index (χ4n) is 4.80. The van der Waals surface area contributed by atoms with Crippen LogP contribution in [-0.4, -0.2) is 31.5 Å². The Morgan fingerprint density at radius 3 is 2.03 bits per heavy atom. The fourth-order valence-corrected chi connectivity index (χ4v) is 4.80. The van der Waals surface area contributed by atoms with Gasteiger partial charge in [0.1, 0.15) is 24.2 Å². The quantitative estimate of drug-likeness (QED) is 0.192. The van der Waals surface area contributed by atoms with Crippen molar-refractivity contribution in [3.8, 4) is 5.75 Å². The molecule has 0 aromatic heterocycles. The molecule has 0 heterocycles.